The van der Waals surface area contributed by atoms with E-state index in [1.807, 2.05) is 24.3 Å². The smallest absolute Gasteiger partial charge is 0.276 e. The molecule has 0 aliphatic rings. The van der Waals surface area contributed by atoms with Crippen molar-refractivity contribution < 1.29 is 19.2 Å². The Balaban J connectivity index is 1.44. The number of thiocarbonyl (C=S) groups is 1. The number of halogens is 2. The molecule has 0 radical (unpaired) electrons. The summed E-state index contributed by atoms with van der Waals surface area (Å²) < 4.78 is 7.24. The average Bonchev–Trinajstić information content (AvgIpc) is 2.81. The van der Waals surface area contributed by atoms with Gasteiger partial charge in [0.15, 0.2) is 11.7 Å². The highest BCUT2D eigenvalue weighted by atomic mass is 79.9. The van der Waals surface area contributed by atoms with Gasteiger partial charge in [-0.15, -0.1) is 0 Å². The van der Waals surface area contributed by atoms with Crippen molar-refractivity contribution in [2.24, 2.45) is 0 Å². The lowest BCUT2D eigenvalue weighted by molar-refractivity contribution is -0.384. The third-order valence-corrected chi connectivity index (χ3v) is 5.84. The van der Waals surface area contributed by atoms with E-state index >= 15 is 0 Å². The molecular formula is C22H16Br2N4O5S. The first kappa shape index (κ1) is 25.3. The number of non-ortho nitro benzene ring substituents is 1. The van der Waals surface area contributed by atoms with Gasteiger partial charge >= 0.3 is 0 Å². The Morgan fingerprint density at radius 3 is 2.50 bits per heavy atom. The number of benzene rings is 3. The maximum absolute atomic E-state index is 12.1. The molecule has 3 aromatic rings. The minimum absolute atomic E-state index is 0.0482. The summed E-state index contributed by atoms with van der Waals surface area (Å²) in [6, 6.07) is 15.1. The van der Waals surface area contributed by atoms with Crippen LogP contribution < -0.4 is 20.9 Å². The minimum Gasteiger partial charge on any atom is -0.483 e. The van der Waals surface area contributed by atoms with E-state index < -0.39 is 16.7 Å². The predicted molar refractivity (Wildman–Crippen MR) is 139 cm³/mol. The molecule has 0 unspecified atom stereocenters. The number of nitro groups is 1. The Morgan fingerprint density at radius 1 is 1.06 bits per heavy atom. The molecule has 3 rings (SSSR count). The lowest BCUT2D eigenvalue weighted by Gasteiger charge is -2.12. The molecule has 0 aromatic heterocycles. The molecule has 3 aromatic carbocycles. The number of rotatable bonds is 6. The minimum atomic E-state index is -0.548. The molecule has 0 heterocycles. The van der Waals surface area contributed by atoms with Gasteiger partial charge in [-0.1, -0.05) is 28.1 Å². The van der Waals surface area contributed by atoms with Gasteiger partial charge in [0.25, 0.3) is 11.6 Å². The van der Waals surface area contributed by atoms with Crippen LogP contribution in [0.5, 0.6) is 5.75 Å². The van der Waals surface area contributed by atoms with Crippen LogP contribution in [0.25, 0.3) is 16.8 Å². The summed E-state index contributed by atoms with van der Waals surface area (Å²) in [4.78, 5) is 34.1. The Morgan fingerprint density at radius 2 is 1.79 bits per heavy atom. The number of ether oxygens (including phenoxy) is 1. The van der Waals surface area contributed by atoms with Gasteiger partial charge in [-0.2, -0.15) is 0 Å². The van der Waals surface area contributed by atoms with Crippen LogP contribution >= 0.6 is 44.1 Å². The van der Waals surface area contributed by atoms with E-state index in [9.17, 15) is 19.7 Å². The summed E-state index contributed by atoms with van der Waals surface area (Å²) in [6.45, 7) is -0.287. The van der Waals surface area contributed by atoms with Gasteiger partial charge in [-0.3, -0.25) is 35.9 Å². The van der Waals surface area contributed by atoms with Crippen LogP contribution in [0.4, 0.5) is 5.69 Å². The SMILES string of the molecule is O=C(/C=C/c1ccc([N+](=O)[O-])cc1)NC(=S)NNC(=O)COc1ccc2cc(Br)ccc2c1Br. The molecule has 0 saturated heterocycles. The van der Waals surface area contributed by atoms with Gasteiger partial charge in [0.2, 0.25) is 5.91 Å². The van der Waals surface area contributed by atoms with Crippen LogP contribution in [-0.2, 0) is 9.59 Å². The Labute approximate surface area is 215 Å². The zero-order chi connectivity index (χ0) is 24.7. The second kappa shape index (κ2) is 11.7. The van der Waals surface area contributed by atoms with Crippen molar-refractivity contribution >= 4 is 83.5 Å². The quantitative estimate of drug-likeness (QED) is 0.164. The molecule has 2 amide bonds. The second-order valence-electron chi connectivity index (χ2n) is 6.71. The summed E-state index contributed by atoms with van der Waals surface area (Å²) >= 11 is 11.9. The molecule has 174 valence electrons. The van der Waals surface area contributed by atoms with Crippen molar-refractivity contribution in [2.75, 3.05) is 6.61 Å². The van der Waals surface area contributed by atoms with E-state index in [1.165, 1.54) is 36.4 Å². The molecular weight excluding hydrogens is 592 g/mol. The predicted octanol–water partition coefficient (Wildman–Crippen LogP) is 4.39. The third-order valence-electron chi connectivity index (χ3n) is 4.32. The van der Waals surface area contributed by atoms with Crippen molar-refractivity contribution in [1.29, 1.82) is 0 Å². The highest BCUT2D eigenvalue weighted by Gasteiger charge is 2.10. The van der Waals surface area contributed by atoms with E-state index in [2.05, 4.69) is 48.0 Å². The van der Waals surface area contributed by atoms with E-state index in [0.29, 0.717) is 11.3 Å². The third kappa shape index (κ3) is 7.07. The highest BCUT2D eigenvalue weighted by Crippen LogP contribution is 2.34. The molecule has 0 aliphatic heterocycles. The number of carbonyl (C=O) groups is 2. The van der Waals surface area contributed by atoms with Crippen LogP contribution in [-0.4, -0.2) is 28.5 Å². The monoisotopic (exact) mass is 606 g/mol. The first-order valence-corrected chi connectivity index (χ1v) is 11.6. The zero-order valence-electron chi connectivity index (χ0n) is 17.2. The van der Waals surface area contributed by atoms with Crippen LogP contribution in [0, 0.1) is 10.1 Å². The number of nitro benzene ring substituents is 1. The van der Waals surface area contributed by atoms with Crippen molar-refractivity contribution in [3.8, 4) is 5.75 Å². The van der Waals surface area contributed by atoms with E-state index in [-0.39, 0.29) is 17.4 Å². The standard InChI is InChI=1S/C22H16Br2N4O5S/c23-15-5-8-17-14(11-15)4-9-18(21(17)24)33-12-20(30)26-27-22(34)25-19(29)10-3-13-1-6-16(7-2-13)28(31)32/h1-11H,12H2,(H,26,30)(H2,25,27,29,34)/b10-3+. The largest absolute Gasteiger partial charge is 0.483 e. The number of hydrazine groups is 1. The van der Waals surface area contributed by atoms with Crippen molar-refractivity contribution in [1.82, 2.24) is 16.2 Å². The van der Waals surface area contributed by atoms with Gasteiger partial charge < -0.3 is 4.74 Å². The summed E-state index contributed by atoms with van der Waals surface area (Å²) in [5.74, 6) is -0.564. The maximum Gasteiger partial charge on any atom is 0.276 e. The summed E-state index contributed by atoms with van der Waals surface area (Å²) in [6.07, 6.45) is 2.67. The number of hydrogen-bond donors (Lipinski definition) is 3. The number of nitrogens with one attached hydrogen (secondary N) is 3. The Hall–Kier alpha value is -3.35. The number of carbonyl (C=O) groups excluding carboxylic acids is 2. The molecule has 9 nitrogen and oxygen atoms in total. The zero-order valence-corrected chi connectivity index (χ0v) is 21.2. The Kier molecular flexibility index (Phi) is 8.68. The average molecular weight is 608 g/mol. The van der Waals surface area contributed by atoms with E-state index in [0.717, 1.165) is 19.7 Å². The molecule has 0 fully saturated rings. The molecule has 0 spiro atoms. The molecule has 34 heavy (non-hydrogen) atoms. The van der Waals surface area contributed by atoms with Gasteiger partial charge in [0, 0.05) is 22.7 Å². The van der Waals surface area contributed by atoms with Crippen molar-refractivity contribution in [2.45, 2.75) is 0 Å². The summed E-state index contributed by atoms with van der Waals surface area (Å²) in [5.41, 5.74) is 5.29. The van der Waals surface area contributed by atoms with E-state index in [4.69, 9.17) is 17.0 Å². The Bertz CT molecular complexity index is 1300. The van der Waals surface area contributed by atoms with E-state index in [1.54, 1.807) is 6.07 Å². The highest BCUT2D eigenvalue weighted by molar-refractivity contribution is 9.11. The molecule has 3 N–H and O–H groups in total. The number of hydrogen-bond acceptors (Lipinski definition) is 6. The fourth-order valence-corrected chi connectivity index (χ4v) is 3.86. The van der Waals surface area contributed by atoms with Gasteiger partial charge in [-0.05, 0) is 80.9 Å². The van der Waals surface area contributed by atoms with Gasteiger partial charge in [-0.25, -0.2) is 0 Å². The fourth-order valence-electron chi connectivity index (χ4n) is 2.72. The van der Waals surface area contributed by atoms with Crippen LogP contribution in [0.15, 0.2) is 69.6 Å². The van der Waals surface area contributed by atoms with Crippen LogP contribution in [0.2, 0.25) is 0 Å². The lowest BCUT2D eigenvalue weighted by Crippen LogP contribution is -2.49. The van der Waals surface area contributed by atoms with Crippen molar-refractivity contribution in [3.63, 3.8) is 0 Å². The molecule has 0 saturated carbocycles. The summed E-state index contributed by atoms with van der Waals surface area (Å²) in [7, 11) is 0. The van der Waals surface area contributed by atoms with Crippen molar-refractivity contribution in [3.05, 3.63) is 85.3 Å². The van der Waals surface area contributed by atoms with Crippen LogP contribution in [0.1, 0.15) is 5.56 Å². The summed E-state index contributed by atoms with van der Waals surface area (Å²) in [5, 5.41) is 14.8. The lowest BCUT2D eigenvalue weighted by atomic mass is 10.1. The number of amides is 2. The molecule has 0 aliphatic carbocycles. The normalized spacial score (nSPS) is 10.6. The number of nitrogens with zero attached hydrogens (tertiary/aromatic N) is 1. The first-order valence-electron chi connectivity index (χ1n) is 9.56. The topological polar surface area (TPSA) is 123 Å². The van der Waals surface area contributed by atoms with Crippen LogP contribution in [0.3, 0.4) is 0 Å². The van der Waals surface area contributed by atoms with Gasteiger partial charge in [0.05, 0.1) is 9.40 Å². The first-order chi connectivity index (χ1) is 16.2. The second-order valence-corrected chi connectivity index (χ2v) is 8.82. The molecule has 12 heteroatoms. The number of fused-ring (bicyclic) bond motifs is 1. The fraction of sp³-hybridized carbons (Fsp3) is 0.0455. The maximum atomic E-state index is 12.1. The molecule has 0 bridgehead atoms. The molecule has 0 atom stereocenters. The van der Waals surface area contributed by atoms with Gasteiger partial charge in [0.1, 0.15) is 5.75 Å².